The van der Waals surface area contributed by atoms with Gasteiger partial charge in [0.2, 0.25) is 0 Å². The Balaban J connectivity index is 2.10. The lowest BCUT2D eigenvalue weighted by Crippen LogP contribution is -2.37. The number of benzene rings is 1. The highest BCUT2D eigenvalue weighted by molar-refractivity contribution is 7.99. The number of fused-ring (bicyclic) bond motifs is 1. The van der Waals surface area contributed by atoms with E-state index in [-0.39, 0.29) is 12.2 Å². The van der Waals surface area contributed by atoms with Gasteiger partial charge in [-0.15, -0.1) is 0 Å². The third kappa shape index (κ3) is 5.42. The number of aliphatic imine (C=N–C) groups is 1. The number of nitrogens with zero attached hydrogens (tertiary/aromatic N) is 2. The number of aromatic nitrogens is 2. The van der Waals surface area contributed by atoms with E-state index >= 15 is 0 Å². The van der Waals surface area contributed by atoms with Crippen LogP contribution in [-0.4, -0.2) is 47.1 Å². The number of thioether (sulfide) groups is 1. The molecule has 174 valence electrons. The van der Waals surface area contributed by atoms with Gasteiger partial charge >= 0.3 is 11.9 Å². The normalized spacial score (nSPS) is 17.0. The maximum atomic E-state index is 13.2. The van der Waals surface area contributed by atoms with Crippen LogP contribution in [0.15, 0.2) is 51.9 Å². The van der Waals surface area contributed by atoms with Crippen LogP contribution in [0.2, 0.25) is 0 Å². The summed E-state index contributed by atoms with van der Waals surface area (Å²) in [6.45, 7) is 7.45. The fourth-order valence-corrected chi connectivity index (χ4v) is 4.63. The van der Waals surface area contributed by atoms with E-state index in [4.69, 9.17) is 9.47 Å². The highest BCUT2D eigenvalue weighted by atomic mass is 32.2. The van der Waals surface area contributed by atoms with Gasteiger partial charge in [0.15, 0.2) is 11.0 Å². The fourth-order valence-electron chi connectivity index (χ4n) is 3.68. The van der Waals surface area contributed by atoms with Crippen LogP contribution >= 0.6 is 11.8 Å². The van der Waals surface area contributed by atoms with Gasteiger partial charge in [-0.2, -0.15) is 0 Å². The van der Waals surface area contributed by atoms with Crippen LogP contribution < -0.4 is 5.56 Å². The molecule has 2 unspecified atom stereocenters. The molecule has 1 aromatic heterocycles. The van der Waals surface area contributed by atoms with Crippen molar-refractivity contribution < 1.29 is 19.1 Å². The summed E-state index contributed by atoms with van der Waals surface area (Å²) in [7, 11) is 1.31. The summed E-state index contributed by atoms with van der Waals surface area (Å²) < 4.78 is 10.1. The second kappa shape index (κ2) is 11.1. The van der Waals surface area contributed by atoms with Gasteiger partial charge in [-0.25, -0.2) is 14.8 Å². The van der Waals surface area contributed by atoms with Gasteiger partial charge < -0.3 is 14.5 Å². The fraction of sp³-hybridized carbons (Fsp3) is 0.375. The molecule has 8 nitrogen and oxygen atoms in total. The number of unbranched alkanes of at least 4 members (excludes halogenated alkanes) is 1. The number of hydrogen-bond donors (Lipinski definition) is 1. The number of hydrogen-bond acceptors (Lipinski definition) is 8. The summed E-state index contributed by atoms with van der Waals surface area (Å²) in [6, 6.07) is 6.61. The second-order valence-electron chi connectivity index (χ2n) is 7.55. The number of carbonyl (C=O) groups is 2. The Hall–Kier alpha value is -3.20. The molecule has 1 aromatic carbocycles. The Kier molecular flexibility index (Phi) is 8.21. The highest BCUT2D eigenvalue weighted by Gasteiger charge is 2.41. The van der Waals surface area contributed by atoms with Crippen LogP contribution in [0.1, 0.15) is 54.1 Å². The molecule has 0 saturated heterocycles. The SMILES string of the molecule is C=CCOC(=O)C1C(C)=Nc2nc(SCCCC)[nH]c(=O)c2C1c1ccc(C(=O)OC)cc1. The van der Waals surface area contributed by atoms with Gasteiger partial charge in [0.05, 0.1) is 18.2 Å². The average Bonchev–Trinajstić information content (AvgIpc) is 2.81. The number of H-pyrrole nitrogens is 1. The van der Waals surface area contributed by atoms with Crippen molar-refractivity contribution >= 4 is 35.2 Å². The van der Waals surface area contributed by atoms with Crippen LogP contribution in [0, 0.1) is 5.92 Å². The van der Waals surface area contributed by atoms with Crippen LogP contribution in [-0.2, 0) is 14.3 Å². The first-order valence-electron chi connectivity index (χ1n) is 10.7. The minimum absolute atomic E-state index is 0.0467. The maximum Gasteiger partial charge on any atom is 0.337 e. The zero-order chi connectivity index (χ0) is 24.0. The van der Waals surface area contributed by atoms with Crippen molar-refractivity contribution in [2.45, 2.75) is 37.8 Å². The molecular formula is C24H27N3O5S. The standard InChI is InChI=1S/C24H27N3O5S/c1-5-7-13-33-24-26-20-19(21(28)27-24)18(15-8-10-16(11-9-15)22(29)31-4)17(14(3)25-20)23(30)32-12-6-2/h6,8-11,17-18H,2,5,7,12-13H2,1,3-4H3,(H,26,27,28). The number of carbonyl (C=O) groups excluding carboxylic acids is 2. The van der Waals surface area contributed by atoms with Crippen molar-refractivity contribution in [2.24, 2.45) is 10.9 Å². The summed E-state index contributed by atoms with van der Waals surface area (Å²) >= 11 is 1.47. The zero-order valence-corrected chi connectivity index (χ0v) is 19.7. The van der Waals surface area contributed by atoms with Gasteiger partial charge in [-0.1, -0.05) is 49.9 Å². The third-order valence-corrected chi connectivity index (χ3v) is 6.27. The number of esters is 2. The molecule has 0 amide bonds. The lowest BCUT2D eigenvalue weighted by atomic mass is 9.77. The molecule has 1 N–H and O–H groups in total. The molecule has 33 heavy (non-hydrogen) atoms. The van der Waals surface area contributed by atoms with Gasteiger partial charge in [-0.3, -0.25) is 9.59 Å². The molecule has 2 aromatic rings. The average molecular weight is 470 g/mol. The number of ether oxygens (including phenoxy) is 2. The first kappa shape index (κ1) is 24.4. The maximum absolute atomic E-state index is 13.2. The van der Waals surface area contributed by atoms with E-state index in [9.17, 15) is 14.4 Å². The van der Waals surface area contributed by atoms with Gasteiger partial charge in [-0.05, 0) is 31.0 Å². The van der Waals surface area contributed by atoms with Gasteiger partial charge in [0.1, 0.15) is 12.5 Å². The Morgan fingerprint density at radius 1 is 1.27 bits per heavy atom. The van der Waals surface area contributed by atoms with E-state index in [1.807, 2.05) is 0 Å². The monoisotopic (exact) mass is 469 g/mol. The Labute approximate surface area is 196 Å². The summed E-state index contributed by atoms with van der Waals surface area (Å²) in [5.74, 6) is -1.35. The molecule has 9 heteroatoms. The summed E-state index contributed by atoms with van der Waals surface area (Å²) in [5.41, 5.74) is 1.48. The van der Waals surface area contributed by atoms with Crippen molar-refractivity contribution in [2.75, 3.05) is 19.5 Å². The highest BCUT2D eigenvalue weighted by Crippen LogP contribution is 2.40. The quantitative estimate of drug-likeness (QED) is 0.194. The number of rotatable bonds is 9. The zero-order valence-electron chi connectivity index (χ0n) is 18.9. The van der Waals surface area contributed by atoms with Gasteiger partial charge in [0, 0.05) is 17.4 Å². The van der Waals surface area contributed by atoms with E-state index in [0.717, 1.165) is 18.6 Å². The molecule has 0 fully saturated rings. The molecule has 2 atom stereocenters. The second-order valence-corrected chi connectivity index (χ2v) is 8.63. The van der Waals surface area contributed by atoms with Gasteiger partial charge in [0.25, 0.3) is 5.56 Å². The van der Waals surface area contributed by atoms with E-state index in [0.29, 0.717) is 33.4 Å². The van der Waals surface area contributed by atoms with Crippen molar-refractivity contribution in [1.29, 1.82) is 0 Å². The molecule has 0 bridgehead atoms. The molecule has 1 aliphatic heterocycles. The van der Waals surface area contributed by atoms with Crippen LogP contribution in [0.3, 0.4) is 0 Å². The lowest BCUT2D eigenvalue weighted by Gasteiger charge is -2.30. The summed E-state index contributed by atoms with van der Waals surface area (Å²) in [5, 5.41) is 0.497. The van der Waals surface area contributed by atoms with Crippen LogP contribution in [0.5, 0.6) is 0 Å². The van der Waals surface area contributed by atoms with E-state index in [1.54, 1.807) is 31.2 Å². The Morgan fingerprint density at radius 3 is 2.64 bits per heavy atom. The Morgan fingerprint density at radius 2 is 2.00 bits per heavy atom. The minimum Gasteiger partial charge on any atom is -0.465 e. The number of methoxy groups -OCH3 is 1. The minimum atomic E-state index is -0.817. The first-order valence-corrected chi connectivity index (χ1v) is 11.7. The number of nitrogens with one attached hydrogen (secondary N) is 1. The van der Waals surface area contributed by atoms with E-state index in [1.165, 1.54) is 24.9 Å². The smallest absolute Gasteiger partial charge is 0.337 e. The molecule has 2 heterocycles. The molecule has 0 aliphatic carbocycles. The van der Waals surface area contributed by atoms with E-state index in [2.05, 4.69) is 28.5 Å². The third-order valence-electron chi connectivity index (χ3n) is 5.32. The van der Waals surface area contributed by atoms with Crippen molar-refractivity contribution in [3.8, 4) is 0 Å². The van der Waals surface area contributed by atoms with Crippen molar-refractivity contribution in [1.82, 2.24) is 9.97 Å². The topological polar surface area (TPSA) is 111 Å². The lowest BCUT2D eigenvalue weighted by molar-refractivity contribution is -0.145. The molecule has 3 rings (SSSR count). The van der Waals surface area contributed by atoms with Crippen LogP contribution in [0.25, 0.3) is 0 Å². The summed E-state index contributed by atoms with van der Waals surface area (Å²) in [4.78, 5) is 49.9. The molecular weight excluding hydrogens is 442 g/mol. The van der Waals surface area contributed by atoms with E-state index < -0.39 is 23.8 Å². The molecule has 0 saturated carbocycles. The van der Waals surface area contributed by atoms with Crippen molar-refractivity contribution in [3.63, 3.8) is 0 Å². The predicted molar refractivity (Wildman–Crippen MR) is 128 cm³/mol. The van der Waals surface area contributed by atoms with Crippen molar-refractivity contribution in [3.05, 3.63) is 64.0 Å². The number of aromatic amines is 1. The van der Waals surface area contributed by atoms with Crippen LogP contribution in [0.4, 0.5) is 5.82 Å². The summed E-state index contributed by atoms with van der Waals surface area (Å²) in [6.07, 6.45) is 3.52. The largest absolute Gasteiger partial charge is 0.465 e. The predicted octanol–water partition coefficient (Wildman–Crippen LogP) is 4.03. The molecule has 0 radical (unpaired) electrons. The Bertz CT molecular complexity index is 1120. The molecule has 0 spiro atoms. The molecule has 1 aliphatic rings. The first-order chi connectivity index (χ1) is 15.9.